The molecule has 1 N–H and O–H groups in total. The fourth-order valence-corrected chi connectivity index (χ4v) is 4.00. The van der Waals surface area contributed by atoms with Crippen LogP contribution in [0, 0.1) is 5.92 Å². The number of amides is 1. The van der Waals surface area contributed by atoms with Crippen molar-refractivity contribution in [3.8, 4) is 0 Å². The van der Waals surface area contributed by atoms with E-state index in [1.165, 1.54) is 0 Å². The summed E-state index contributed by atoms with van der Waals surface area (Å²) in [6.07, 6.45) is 5.57. The van der Waals surface area contributed by atoms with Gasteiger partial charge in [0.05, 0.1) is 0 Å². The highest BCUT2D eigenvalue weighted by atomic mass is 16.5. The minimum absolute atomic E-state index is 0.152. The van der Waals surface area contributed by atoms with Gasteiger partial charge in [-0.05, 0) is 44.4 Å². The molecule has 0 aromatic rings. The summed E-state index contributed by atoms with van der Waals surface area (Å²) in [6.45, 7) is 0.696. The third kappa shape index (κ3) is 2.48. The highest BCUT2D eigenvalue weighted by molar-refractivity contribution is 5.82. The molecule has 3 heterocycles. The van der Waals surface area contributed by atoms with E-state index in [4.69, 9.17) is 9.84 Å². The van der Waals surface area contributed by atoms with Crippen LogP contribution in [-0.2, 0) is 14.3 Å². The fourth-order valence-electron chi connectivity index (χ4n) is 4.00. The Labute approximate surface area is 112 Å². The van der Waals surface area contributed by atoms with Gasteiger partial charge in [-0.25, -0.2) is 0 Å². The highest BCUT2D eigenvalue weighted by Gasteiger charge is 2.45. The Kier molecular flexibility index (Phi) is 3.48. The molecule has 3 saturated heterocycles. The standard InChI is InChI=1S/C14H21NO4/c16-13(17)8-9-6-10-3-4-11(7-9)15(10)14(18)12-2-1-5-19-12/h9-12H,1-8H2,(H,16,17)/t9?,10?,11?,12-/m0/s1. The molecule has 5 nitrogen and oxygen atoms in total. The average molecular weight is 267 g/mol. The first-order chi connectivity index (χ1) is 9.15. The maximum absolute atomic E-state index is 12.5. The van der Waals surface area contributed by atoms with Crippen LogP contribution in [0.4, 0.5) is 0 Å². The van der Waals surface area contributed by atoms with Crippen LogP contribution in [0.2, 0.25) is 0 Å². The molecule has 0 radical (unpaired) electrons. The van der Waals surface area contributed by atoms with Gasteiger partial charge in [-0.15, -0.1) is 0 Å². The van der Waals surface area contributed by atoms with Crippen molar-refractivity contribution in [2.24, 2.45) is 5.92 Å². The van der Waals surface area contributed by atoms with Gasteiger partial charge in [0.1, 0.15) is 6.10 Å². The molecule has 19 heavy (non-hydrogen) atoms. The average Bonchev–Trinajstić information content (AvgIpc) is 2.95. The number of hydrogen-bond acceptors (Lipinski definition) is 3. The van der Waals surface area contributed by atoms with Crippen molar-refractivity contribution >= 4 is 11.9 Å². The van der Waals surface area contributed by atoms with E-state index in [0.29, 0.717) is 6.61 Å². The number of rotatable bonds is 3. The van der Waals surface area contributed by atoms with Crippen LogP contribution in [0.25, 0.3) is 0 Å². The quantitative estimate of drug-likeness (QED) is 0.839. The predicted octanol–water partition coefficient (Wildman–Crippen LogP) is 1.41. The second-order valence-electron chi connectivity index (χ2n) is 6.07. The molecule has 3 aliphatic rings. The summed E-state index contributed by atoms with van der Waals surface area (Å²) in [5.74, 6) is -0.328. The van der Waals surface area contributed by atoms with Crippen molar-refractivity contribution in [1.82, 2.24) is 4.90 Å². The Morgan fingerprint density at radius 3 is 2.37 bits per heavy atom. The van der Waals surface area contributed by atoms with Crippen molar-refractivity contribution in [3.63, 3.8) is 0 Å². The lowest BCUT2D eigenvalue weighted by molar-refractivity contribution is -0.147. The molecule has 5 heteroatoms. The summed E-state index contributed by atoms with van der Waals surface area (Å²) in [4.78, 5) is 25.3. The zero-order chi connectivity index (χ0) is 13.4. The van der Waals surface area contributed by atoms with E-state index >= 15 is 0 Å². The minimum atomic E-state index is -0.719. The SMILES string of the molecule is O=C(O)CC1CC2CCC(C1)N2C(=O)[C@@H]1CCCO1. The second kappa shape index (κ2) is 5.12. The van der Waals surface area contributed by atoms with E-state index in [0.717, 1.165) is 38.5 Å². The van der Waals surface area contributed by atoms with Crippen LogP contribution in [0.3, 0.4) is 0 Å². The molecule has 3 aliphatic heterocycles. The second-order valence-corrected chi connectivity index (χ2v) is 6.07. The third-order valence-corrected chi connectivity index (χ3v) is 4.75. The molecular formula is C14H21NO4. The normalized spacial score (nSPS) is 37.6. The number of piperidine rings is 1. The minimum Gasteiger partial charge on any atom is -0.481 e. The van der Waals surface area contributed by atoms with Crippen LogP contribution < -0.4 is 0 Å². The first-order valence-electron chi connectivity index (χ1n) is 7.30. The molecular weight excluding hydrogens is 246 g/mol. The number of ether oxygens (including phenoxy) is 1. The maximum atomic E-state index is 12.5. The van der Waals surface area contributed by atoms with E-state index in [-0.39, 0.29) is 36.4 Å². The van der Waals surface area contributed by atoms with Crippen LogP contribution >= 0.6 is 0 Å². The van der Waals surface area contributed by atoms with Crippen molar-refractivity contribution in [3.05, 3.63) is 0 Å². The van der Waals surface area contributed by atoms with Gasteiger partial charge in [0.15, 0.2) is 0 Å². The lowest BCUT2D eigenvalue weighted by atomic mass is 9.88. The number of hydrogen-bond donors (Lipinski definition) is 1. The van der Waals surface area contributed by atoms with Crippen molar-refractivity contribution in [2.45, 2.75) is 63.1 Å². The first kappa shape index (κ1) is 12.9. The third-order valence-electron chi connectivity index (χ3n) is 4.75. The molecule has 0 aromatic heterocycles. The Hall–Kier alpha value is -1.10. The molecule has 0 aromatic carbocycles. The fraction of sp³-hybridized carbons (Fsp3) is 0.857. The lowest BCUT2D eigenvalue weighted by Gasteiger charge is -2.39. The summed E-state index contributed by atoms with van der Waals surface area (Å²) in [5, 5.41) is 8.91. The zero-order valence-corrected chi connectivity index (χ0v) is 11.1. The van der Waals surface area contributed by atoms with Crippen molar-refractivity contribution in [1.29, 1.82) is 0 Å². The summed E-state index contributed by atoms with van der Waals surface area (Å²) in [6, 6.07) is 0.500. The number of fused-ring (bicyclic) bond motifs is 2. The van der Waals surface area contributed by atoms with Crippen LogP contribution in [0.5, 0.6) is 0 Å². The molecule has 1 amide bonds. The molecule has 0 spiro atoms. The number of carboxylic acids is 1. The first-order valence-corrected chi connectivity index (χ1v) is 7.30. The monoisotopic (exact) mass is 267 g/mol. The Morgan fingerprint density at radius 1 is 1.16 bits per heavy atom. The van der Waals surface area contributed by atoms with Crippen molar-refractivity contribution < 1.29 is 19.4 Å². The Balaban J connectivity index is 1.65. The molecule has 3 atom stereocenters. The van der Waals surface area contributed by atoms with Crippen LogP contribution in [0.15, 0.2) is 0 Å². The van der Waals surface area contributed by atoms with Gasteiger partial charge in [0, 0.05) is 25.1 Å². The molecule has 3 fully saturated rings. The molecule has 2 unspecified atom stereocenters. The topological polar surface area (TPSA) is 66.8 Å². The highest BCUT2D eigenvalue weighted by Crippen LogP contribution is 2.40. The number of aliphatic carboxylic acids is 1. The van der Waals surface area contributed by atoms with Gasteiger partial charge in [-0.1, -0.05) is 0 Å². The molecule has 0 saturated carbocycles. The van der Waals surface area contributed by atoms with Crippen LogP contribution in [0.1, 0.15) is 44.9 Å². The van der Waals surface area contributed by atoms with E-state index in [9.17, 15) is 9.59 Å². The van der Waals surface area contributed by atoms with Gasteiger partial charge in [0.25, 0.3) is 5.91 Å². The van der Waals surface area contributed by atoms with Gasteiger partial charge >= 0.3 is 5.97 Å². The number of nitrogens with zero attached hydrogens (tertiary/aromatic N) is 1. The van der Waals surface area contributed by atoms with E-state index in [1.54, 1.807) is 0 Å². The number of carbonyl (C=O) groups excluding carboxylic acids is 1. The van der Waals surface area contributed by atoms with Crippen LogP contribution in [-0.4, -0.2) is 46.7 Å². The number of carbonyl (C=O) groups is 2. The van der Waals surface area contributed by atoms with Gasteiger partial charge in [-0.2, -0.15) is 0 Å². The number of carboxylic acid groups (broad SMARTS) is 1. The van der Waals surface area contributed by atoms with E-state index in [1.807, 2.05) is 4.90 Å². The predicted molar refractivity (Wildman–Crippen MR) is 67.6 cm³/mol. The molecule has 0 aliphatic carbocycles. The molecule has 2 bridgehead atoms. The Morgan fingerprint density at radius 2 is 1.84 bits per heavy atom. The lowest BCUT2D eigenvalue weighted by Crippen LogP contribution is -2.50. The zero-order valence-electron chi connectivity index (χ0n) is 11.1. The largest absolute Gasteiger partial charge is 0.481 e. The van der Waals surface area contributed by atoms with E-state index in [2.05, 4.69) is 0 Å². The summed E-state index contributed by atoms with van der Waals surface area (Å²) in [7, 11) is 0. The molecule has 3 rings (SSSR count). The van der Waals surface area contributed by atoms with Gasteiger partial charge in [-0.3, -0.25) is 9.59 Å². The summed E-state index contributed by atoms with van der Waals surface area (Å²) < 4.78 is 5.50. The summed E-state index contributed by atoms with van der Waals surface area (Å²) >= 11 is 0. The van der Waals surface area contributed by atoms with E-state index < -0.39 is 5.97 Å². The maximum Gasteiger partial charge on any atom is 0.303 e. The van der Waals surface area contributed by atoms with Gasteiger partial charge in [0.2, 0.25) is 0 Å². The van der Waals surface area contributed by atoms with Gasteiger partial charge < -0.3 is 14.7 Å². The Bertz CT molecular complexity index is 364. The smallest absolute Gasteiger partial charge is 0.303 e. The summed E-state index contributed by atoms with van der Waals surface area (Å²) in [5.41, 5.74) is 0. The molecule has 106 valence electrons. The van der Waals surface area contributed by atoms with Crippen molar-refractivity contribution in [2.75, 3.05) is 6.61 Å².